The minimum atomic E-state index is -3.25. The molecule has 0 aliphatic carbocycles. The van der Waals surface area contributed by atoms with Crippen molar-refractivity contribution in [3.05, 3.63) is 0 Å². The molecule has 0 aliphatic heterocycles. The molecular formula is C9H20O6Si. The Labute approximate surface area is 97.3 Å². The normalized spacial score (nSPS) is 12.6. The molecule has 0 saturated heterocycles. The smallest absolute Gasteiger partial charge is 0.464 e. The maximum atomic E-state index is 11.6. The molecule has 96 valence electrons. The largest absolute Gasteiger partial charge is 0.679 e. The first-order valence-corrected chi connectivity index (χ1v) is 6.53. The fraction of sp³-hybridized carbons (Fsp3) is 0.889. The first-order valence-electron chi connectivity index (χ1n) is 4.90. The van der Waals surface area contributed by atoms with E-state index in [-0.39, 0.29) is 6.61 Å². The second kappa shape index (κ2) is 6.31. The van der Waals surface area contributed by atoms with Crippen LogP contribution in [0.2, 0.25) is 0 Å². The Morgan fingerprint density at radius 2 is 1.56 bits per heavy atom. The molecule has 7 heteroatoms. The highest BCUT2D eigenvalue weighted by Crippen LogP contribution is 2.20. The third-order valence-corrected chi connectivity index (χ3v) is 4.16. The molecule has 0 aliphatic rings. The quantitative estimate of drug-likeness (QED) is 0.491. The third kappa shape index (κ3) is 3.83. The molecule has 0 unspecified atom stereocenters. The summed E-state index contributed by atoms with van der Waals surface area (Å²) in [6.07, 6.45) is 0. The van der Waals surface area contributed by atoms with E-state index in [9.17, 15) is 4.79 Å². The summed E-state index contributed by atoms with van der Waals surface area (Å²) in [6, 6.07) is 0. The van der Waals surface area contributed by atoms with Crippen molar-refractivity contribution in [2.75, 3.05) is 27.9 Å². The van der Waals surface area contributed by atoms with Gasteiger partial charge in [-0.15, -0.1) is 0 Å². The van der Waals surface area contributed by atoms with Gasteiger partial charge in [0.25, 0.3) is 0 Å². The van der Waals surface area contributed by atoms with E-state index in [2.05, 4.69) is 0 Å². The molecule has 0 fully saturated rings. The molecule has 0 aromatic heterocycles. The van der Waals surface area contributed by atoms with Gasteiger partial charge in [0, 0.05) is 21.3 Å². The van der Waals surface area contributed by atoms with Gasteiger partial charge in [0.15, 0.2) is 5.60 Å². The van der Waals surface area contributed by atoms with Crippen LogP contribution in [0.1, 0.15) is 20.8 Å². The lowest BCUT2D eigenvalue weighted by Crippen LogP contribution is -2.54. The Kier molecular flexibility index (Phi) is 6.12. The molecule has 0 saturated carbocycles. The van der Waals surface area contributed by atoms with E-state index in [1.165, 1.54) is 21.3 Å². The molecule has 6 nitrogen and oxygen atoms in total. The zero-order chi connectivity index (χ0) is 12.8. The van der Waals surface area contributed by atoms with Gasteiger partial charge in [-0.25, -0.2) is 4.79 Å². The van der Waals surface area contributed by atoms with Crippen molar-refractivity contribution in [1.82, 2.24) is 0 Å². The molecule has 0 rings (SSSR count). The van der Waals surface area contributed by atoms with Crippen LogP contribution in [0.3, 0.4) is 0 Å². The zero-order valence-electron chi connectivity index (χ0n) is 10.7. The van der Waals surface area contributed by atoms with Crippen LogP contribution in [0.4, 0.5) is 0 Å². The summed E-state index contributed by atoms with van der Waals surface area (Å²) < 4.78 is 25.6. The Morgan fingerprint density at radius 3 is 1.88 bits per heavy atom. The van der Waals surface area contributed by atoms with Crippen LogP contribution in [-0.4, -0.2) is 48.6 Å². The minimum Gasteiger partial charge on any atom is -0.464 e. The molecule has 0 aromatic carbocycles. The van der Waals surface area contributed by atoms with Gasteiger partial charge < -0.3 is 22.4 Å². The fourth-order valence-electron chi connectivity index (χ4n) is 1.03. The summed E-state index contributed by atoms with van der Waals surface area (Å²) in [5.41, 5.74) is -1.18. The van der Waals surface area contributed by atoms with E-state index >= 15 is 0 Å². The van der Waals surface area contributed by atoms with E-state index < -0.39 is 20.6 Å². The van der Waals surface area contributed by atoms with Crippen molar-refractivity contribution in [3.8, 4) is 0 Å². The fourth-order valence-corrected chi connectivity index (χ4v) is 2.49. The molecule has 0 atom stereocenters. The number of rotatable bonds is 7. The molecule has 0 radical (unpaired) electrons. The predicted octanol–water partition coefficient (Wildman–Crippen LogP) is 0.719. The summed E-state index contributed by atoms with van der Waals surface area (Å²) in [5.74, 6) is -0.488. The number of hydrogen-bond acceptors (Lipinski definition) is 6. The maximum absolute atomic E-state index is 11.6. The lowest BCUT2D eigenvalue weighted by Gasteiger charge is -2.31. The van der Waals surface area contributed by atoms with Gasteiger partial charge in [0.1, 0.15) is 0 Å². The molecule has 0 N–H and O–H groups in total. The lowest BCUT2D eigenvalue weighted by molar-refractivity contribution is -0.166. The van der Waals surface area contributed by atoms with Gasteiger partial charge in [0.2, 0.25) is 0 Å². The second-order valence-corrected chi connectivity index (χ2v) is 5.87. The molecule has 0 amide bonds. The number of ether oxygens (including phenoxy) is 1. The minimum absolute atomic E-state index is 0.285. The number of hydrogen-bond donors (Lipinski definition) is 0. The molecule has 0 bridgehead atoms. The van der Waals surface area contributed by atoms with Crippen LogP contribution in [0, 0.1) is 0 Å². The summed E-state index contributed by atoms with van der Waals surface area (Å²) in [6.45, 7) is 5.16. The molecule has 0 spiro atoms. The van der Waals surface area contributed by atoms with Gasteiger partial charge in [0.05, 0.1) is 6.61 Å². The summed E-state index contributed by atoms with van der Waals surface area (Å²) in [5, 5.41) is 0. The van der Waals surface area contributed by atoms with E-state index in [0.717, 1.165) is 0 Å². The van der Waals surface area contributed by atoms with Gasteiger partial charge >= 0.3 is 15.0 Å². The molecular weight excluding hydrogens is 232 g/mol. The predicted molar refractivity (Wildman–Crippen MR) is 58.6 cm³/mol. The van der Waals surface area contributed by atoms with Crippen LogP contribution in [0.25, 0.3) is 0 Å². The van der Waals surface area contributed by atoms with Crippen molar-refractivity contribution in [2.24, 2.45) is 0 Å². The zero-order valence-corrected chi connectivity index (χ0v) is 11.7. The van der Waals surface area contributed by atoms with Crippen molar-refractivity contribution in [2.45, 2.75) is 26.4 Å². The maximum Gasteiger partial charge on any atom is 0.679 e. The first kappa shape index (κ1) is 15.5. The van der Waals surface area contributed by atoms with Gasteiger partial charge in [-0.05, 0) is 20.8 Å². The summed E-state index contributed by atoms with van der Waals surface area (Å²) >= 11 is 0. The van der Waals surface area contributed by atoms with Crippen molar-refractivity contribution >= 4 is 15.0 Å². The van der Waals surface area contributed by atoms with Crippen LogP contribution in [-0.2, 0) is 27.2 Å². The highest BCUT2D eigenvalue weighted by molar-refractivity contribution is 6.53. The Balaban J connectivity index is 4.71. The Hall–Kier alpha value is -0.473. The van der Waals surface area contributed by atoms with Crippen LogP contribution >= 0.6 is 0 Å². The second-order valence-electron chi connectivity index (χ2n) is 3.45. The monoisotopic (exact) mass is 252 g/mol. The molecule has 0 heterocycles. The number of carbonyl (C=O) groups excluding carboxylic acids is 1. The highest BCUT2D eigenvalue weighted by Gasteiger charge is 2.50. The average molecular weight is 252 g/mol. The highest BCUT2D eigenvalue weighted by atomic mass is 28.4. The Morgan fingerprint density at radius 1 is 1.12 bits per heavy atom. The van der Waals surface area contributed by atoms with E-state index in [4.69, 9.17) is 22.4 Å². The lowest BCUT2D eigenvalue weighted by atomic mass is 10.1. The SMILES string of the molecule is CCOC(=O)C(C)(C)O[Si](OC)(OC)OC. The number of carbonyl (C=O) groups is 1. The summed E-state index contributed by atoms with van der Waals surface area (Å²) in [4.78, 5) is 11.6. The van der Waals surface area contributed by atoms with Gasteiger partial charge in [-0.1, -0.05) is 0 Å². The number of esters is 1. The third-order valence-electron chi connectivity index (χ3n) is 1.90. The van der Waals surface area contributed by atoms with E-state index in [0.29, 0.717) is 0 Å². The average Bonchev–Trinajstić information content (AvgIpc) is 2.26. The van der Waals surface area contributed by atoms with Crippen molar-refractivity contribution in [1.29, 1.82) is 0 Å². The van der Waals surface area contributed by atoms with Crippen LogP contribution < -0.4 is 0 Å². The molecule has 0 aromatic rings. The summed E-state index contributed by atoms with van der Waals surface area (Å²) in [7, 11) is 0.964. The topological polar surface area (TPSA) is 63.2 Å². The first-order chi connectivity index (χ1) is 7.37. The van der Waals surface area contributed by atoms with E-state index in [1.807, 2.05) is 0 Å². The van der Waals surface area contributed by atoms with Crippen molar-refractivity contribution < 1.29 is 27.2 Å². The standard InChI is InChI=1S/C9H20O6Si/c1-7-14-8(10)9(2,3)15-16(11-4,12-5)13-6/h7H2,1-6H3. The van der Waals surface area contributed by atoms with Crippen molar-refractivity contribution in [3.63, 3.8) is 0 Å². The van der Waals surface area contributed by atoms with Gasteiger partial charge in [-0.2, -0.15) is 0 Å². The molecule has 16 heavy (non-hydrogen) atoms. The van der Waals surface area contributed by atoms with Crippen LogP contribution in [0.15, 0.2) is 0 Å². The van der Waals surface area contributed by atoms with Gasteiger partial charge in [-0.3, -0.25) is 0 Å². The Bertz CT molecular complexity index is 218. The van der Waals surface area contributed by atoms with Crippen LogP contribution in [0.5, 0.6) is 0 Å². The van der Waals surface area contributed by atoms with E-state index in [1.54, 1.807) is 20.8 Å².